The van der Waals surface area contributed by atoms with Crippen LogP contribution in [0.1, 0.15) is 5.69 Å². The van der Waals surface area contributed by atoms with Gasteiger partial charge in [-0.15, -0.1) is 0 Å². The highest BCUT2D eigenvalue weighted by molar-refractivity contribution is 6.28. The third-order valence-electron chi connectivity index (χ3n) is 0.976. The van der Waals surface area contributed by atoms with Gasteiger partial charge in [0.15, 0.2) is 5.69 Å². The van der Waals surface area contributed by atoms with Gasteiger partial charge in [-0.2, -0.15) is 18.2 Å². The molecule has 0 spiro atoms. The van der Waals surface area contributed by atoms with Crippen LogP contribution in [0, 0.1) is 0 Å². The van der Waals surface area contributed by atoms with Gasteiger partial charge in [0.25, 0.3) is 0 Å². The Morgan fingerprint density at radius 2 is 1.92 bits per heavy atom. The average Bonchev–Trinajstić information content (AvgIpc) is 1.82. The molecule has 0 aliphatic carbocycles. The van der Waals surface area contributed by atoms with Gasteiger partial charge >= 0.3 is 6.18 Å². The van der Waals surface area contributed by atoms with Crippen LogP contribution in [0.25, 0.3) is 0 Å². The van der Waals surface area contributed by atoms with Crippen molar-refractivity contribution in [1.29, 1.82) is 0 Å². The number of halogens is 4. The summed E-state index contributed by atoms with van der Waals surface area (Å²) in [5, 5.41) is 7.98. The van der Waals surface area contributed by atoms with E-state index < -0.39 is 23.0 Å². The molecule has 1 aromatic heterocycles. The molecule has 0 atom stereocenters. The van der Waals surface area contributed by atoms with Gasteiger partial charge in [-0.3, -0.25) is 0 Å². The van der Waals surface area contributed by atoms with Crippen molar-refractivity contribution in [3.8, 4) is 5.88 Å². The summed E-state index contributed by atoms with van der Waals surface area (Å²) in [6.07, 6.45) is -4.62. The van der Waals surface area contributed by atoms with Crippen LogP contribution in [0.15, 0.2) is 6.07 Å². The van der Waals surface area contributed by atoms with Crippen molar-refractivity contribution in [3.63, 3.8) is 0 Å². The van der Waals surface area contributed by atoms with E-state index in [0.29, 0.717) is 6.07 Å². The van der Waals surface area contributed by atoms with E-state index in [1.54, 1.807) is 0 Å². The molecule has 0 bridgehead atoms. The predicted molar refractivity (Wildman–Crippen MR) is 33.7 cm³/mol. The van der Waals surface area contributed by atoms with Crippen LogP contribution < -0.4 is 0 Å². The molecule has 0 amide bonds. The number of aromatic hydroxyl groups is 1. The second kappa shape index (κ2) is 2.78. The second-order valence-corrected chi connectivity index (χ2v) is 2.22. The Hall–Kier alpha value is -1.04. The monoisotopic (exact) mass is 198 g/mol. The van der Waals surface area contributed by atoms with Crippen LogP contribution in [0.2, 0.25) is 5.28 Å². The van der Waals surface area contributed by atoms with Crippen LogP contribution >= 0.6 is 11.6 Å². The highest BCUT2D eigenvalue weighted by Crippen LogP contribution is 2.29. The summed E-state index contributed by atoms with van der Waals surface area (Å²) in [6, 6.07) is 0.395. The Bertz CT molecular complexity index is 281. The molecule has 1 aromatic rings. The Morgan fingerprint density at radius 3 is 2.33 bits per heavy atom. The molecule has 0 radical (unpaired) electrons. The van der Waals surface area contributed by atoms with Gasteiger partial charge in [0, 0.05) is 6.07 Å². The van der Waals surface area contributed by atoms with Crippen LogP contribution in [0.3, 0.4) is 0 Å². The van der Waals surface area contributed by atoms with E-state index >= 15 is 0 Å². The van der Waals surface area contributed by atoms with Crippen LogP contribution in [-0.4, -0.2) is 15.1 Å². The van der Waals surface area contributed by atoms with E-state index in [4.69, 9.17) is 16.7 Å². The minimum absolute atomic E-state index is 0.395. The fraction of sp³-hybridized carbons (Fsp3) is 0.200. The smallest absolute Gasteiger partial charge is 0.433 e. The number of hydrogen-bond donors (Lipinski definition) is 1. The summed E-state index contributed by atoms with van der Waals surface area (Å²) >= 11 is 5.07. The van der Waals surface area contributed by atoms with Crippen molar-refractivity contribution < 1.29 is 18.3 Å². The van der Waals surface area contributed by atoms with Gasteiger partial charge < -0.3 is 5.11 Å². The van der Waals surface area contributed by atoms with Gasteiger partial charge in [0.1, 0.15) is 0 Å². The van der Waals surface area contributed by atoms with E-state index in [-0.39, 0.29) is 0 Å². The largest absolute Gasteiger partial charge is 0.493 e. The minimum atomic E-state index is -4.62. The molecule has 0 aromatic carbocycles. The summed E-state index contributed by atoms with van der Waals surface area (Å²) in [4.78, 5) is 5.93. The molecule has 12 heavy (non-hydrogen) atoms. The molecule has 0 fully saturated rings. The Kier molecular flexibility index (Phi) is 2.10. The fourth-order valence-corrected chi connectivity index (χ4v) is 0.729. The van der Waals surface area contributed by atoms with Gasteiger partial charge in [-0.25, -0.2) is 4.98 Å². The summed E-state index contributed by atoms with van der Waals surface area (Å²) in [5.74, 6) is -0.803. The number of nitrogens with zero attached hydrogens (tertiary/aromatic N) is 2. The van der Waals surface area contributed by atoms with Gasteiger partial charge in [-0.1, -0.05) is 0 Å². The summed E-state index contributed by atoms with van der Waals surface area (Å²) in [6.45, 7) is 0. The molecular weight excluding hydrogens is 197 g/mol. The van der Waals surface area contributed by atoms with E-state index in [1.165, 1.54) is 0 Å². The molecule has 66 valence electrons. The second-order valence-electron chi connectivity index (χ2n) is 1.88. The minimum Gasteiger partial charge on any atom is -0.493 e. The quantitative estimate of drug-likeness (QED) is 0.647. The van der Waals surface area contributed by atoms with Gasteiger partial charge in [-0.05, 0) is 11.6 Å². The number of rotatable bonds is 0. The predicted octanol–water partition coefficient (Wildman–Crippen LogP) is 1.85. The number of alkyl halides is 3. The molecule has 7 heteroatoms. The first-order valence-electron chi connectivity index (χ1n) is 2.70. The lowest BCUT2D eigenvalue weighted by molar-refractivity contribution is -0.141. The third kappa shape index (κ3) is 1.97. The Labute approximate surface area is 69.8 Å². The molecule has 1 rings (SSSR count). The molecule has 0 saturated carbocycles. The third-order valence-corrected chi connectivity index (χ3v) is 1.14. The maximum atomic E-state index is 11.9. The van der Waals surface area contributed by atoms with E-state index in [0.717, 1.165) is 0 Å². The SMILES string of the molecule is Oc1cc(C(F)(F)F)nc(Cl)n1. The number of hydrogen-bond acceptors (Lipinski definition) is 3. The molecule has 0 unspecified atom stereocenters. The van der Waals surface area contributed by atoms with E-state index in [2.05, 4.69) is 9.97 Å². The first-order chi connectivity index (χ1) is 5.39. The molecular formula is C5H2ClF3N2O. The highest BCUT2D eigenvalue weighted by Gasteiger charge is 2.33. The van der Waals surface area contributed by atoms with Crippen LogP contribution in [-0.2, 0) is 6.18 Å². The van der Waals surface area contributed by atoms with Gasteiger partial charge in [0.05, 0.1) is 0 Å². The van der Waals surface area contributed by atoms with Crippen molar-refractivity contribution >= 4 is 11.6 Å². The van der Waals surface area contributed by atoms with Crippen molar-refractivity contribution in [2.75, 3.05) is 0 Å². The summed E-state index contributed by atoms with van der Waals surface area (Å²) < 4.78 is 35.7. The lowest BCUT2D eigenvalue weighted by Crippen LogP contribution is -2.08. The van der Waals surface area contributed by atoms with E-state index in [1.807, 2.05) is 0 Å². The molecule has 3 nitrogen and oxygen atoms in total. The first-order valence-corrected chi connectivity index (χ1v) is 3.08. The molecule has 1 N–H and O–H groups in total. The zero-order chi connectivity index (χ0) is 9.35. The van der Waals surface area contributed by atoms with Crippen molar-refractivity contribution in [3.05, 3.63) is 17.0 Å². The fourth-order valence-electron chi connectivity index (χ4n) is 0.551. The molecule has 0 aliphatic heterocycles. The lowest BCUT2D eigenvalue weighted by atomic mass is 10.4. The molecule has 1 heterocycles. The molecule has 0 aliphatic rings. The summed E-state index contributed by atoms with van der Waals surface area (Å²) in [7, 11) is 0. The Morgan fingerprint density at radius 1 is 1.33 bits per heavy atom. The van der Waals surface area contributed by atoms with Crippen molar-refractivity contribution in [2.45, 2.75) is 6.18 Å². The average molecular weight is 199 g/mol. The number of aromatic nitrogens is 2. The molecule has 0 saturated heterocycles. The van der Waals surface area contributed by atoms with Crippen molar-refractivity contribution in [2.24, 2.45) is 0 Å². The highest BCUT2D eigenvalue weighted by atomic mass is 35.5. The first kappa shape index (κ1) is 9.05. The maximum absolute atomic E-state index is 11.9. The van der Waals surface area contributed by atoms with Crippen LogP contribution in [0.5, 0.6) is 5.88 Å². The van der Waals surface area contributed by atoms with Crippen LogP contribution in [0.4, 0.5) is 13.2 Å². The topological polar surface area (TPSA) is 46.0 Å². The normalized spacial score (nSPS) is 11.7. The maximum Gasteiger partial charge on any atom is 0.433 e. The van der Waals surface area contributed by atoms with Crippen molar-refractivity contribution in [1.82, 2.24) is 9.97 Å². The Balaban J connectivity index is 3.18. The van der Waals surface area contributed by atoms with Gasteiger partial charge in [0.2, 0.25) is 11.2 Å². The summed E-state index contributed by atoms with van der Waals surface area (Å²) in [5.41, 5.74) is -1.26. The lowest BCUT2D eigenvalue weighted by Gasteiger charge is -2.04. The standard InChI is InChI=1S/C5H2ClF3N2O/c6-4-10-2(5(7,8)9)1-3(12)11-4/h1H,(H,10,11,12). The zero-order valence-electron chi connectivity index (χ0n) is 5.43. The van der Waals surface area contributed by atoms with E-state index in [9.17, 15) is 13.2 Å². The zero-order valence-corrected chi connectivity index (χ0v) is 6.19.